The maximum absolute atomic E-state index is 13.4. The van der Waals surface area contributed by atoms with Gasteiger partial charge in [-0.3, -0.25) is 0 Å². The maximum Gasteiger partial charge on any atom is 0.387 e. The summed E-state index contributed by atoms with van der Waals surface area (Å²) in [5, 5.41) is 2.76. The molecule has 0 aromatic heterocycles. The van der Waals surface area contributed by atoms with Crippen LogP contribution in [0.4, 0.5) is 34.6 Å². The van der Waals surface area contributed by atoms with Gasteiger partial charge in [-0.1, -0.05) is 0 Å². The van der Waals surface area contributed by atoms with Gasteiger partial charge in [0.05, 0.1) is 11.4 Å². The van der Waals surface area contributed by atoms with Gasteiger partial charge in [-0.05, 0) is 24.3 Å². The number of nitrogens with two attached hydrogens (primary N) is 1. The summed E-state index contributed by atoms with van der Waals surface area (Å²) in [4.78, 5) is 0. The van der Waals surface area contributed by atoms with Crippen molar-refractivity contribution in [2.75, 3.05) is 11.1 Å². The van der Waals surface area contributed by atoms with Crippen LogP contribution in [0.3, 0.4) is 0 Å². The molecule has 0 saturated carbocycles. The molecule has 0 fully saturated rings. The van der Waals surface area contributed by atoms with Crippen LogP contribution in [0.1, 0.15) is 0 Å². The Balaban J connectivity index is 2.28. The van der Waals surface area contributed by atoms with Crippen LogP contribution in [0, 0.1) is 11.6 Å². The Morgan fingerprint density at radius 3 is 2.30 bits per heavy atom. The number of hydrogen-bond acceptors (Lipinski definition) is 3. The van der Waals surface area contributed by atoms with E-state index in [0.29, 0.717) is 5.69 Å². The third kappa shape index (κ3) is 3.31. The molecule has 0 amide bonds. The summed E-state index contributed by atoms with van der Waals surface area (Å²) in [5.74, 6) is -2.05. The highest BCUT2D eigenvalue weighted by Gasteiger charge is 2.13. The zero-order valence-electron chi connectivity index (χ0n) is 10.0. The summed E-state index contributed by atoms with van der Waals surface area (Å²) in [7, 11) is 0. The Labute approximate surface area is 112 Å². The minimum absolute atomic E-state index is 0.00782. The SMILES string of the molecule is Nc1cc(F)c(OC(F)F)cc1Nc1ccc(F)cc1. The molecule has 0 saturated heterocycles. The number of hydrogen-bond donors (Lipinski definition) is 2. The lowest BCUT2D eigenvalue weighted by molar-refractivity contribution is -0.0521. The molecule has 2 aromatic carbocycles. The molecule has 3 N–H and O–H groups in total. The normalized spacial score (nSPS) is 10.7. The molecule has 106 valence electrons. The molecule has 7 heteroatoms. The van der Waals surface area contributed by atoms with Gasteiger partial charge in [-0.25, -0.2) is 8.78 Å². The lowest BCUT2D eigenvalue weighted by Gasteiger charge is -2.12. The predicted molar refractivity (Wildman–Crippen MR) is 67.1 cm³/mol. The molecule has 0 spiro atoms. The molecule has 3 nitrogen and oxygen atoms in total. The van der Waals surface area contributed by atoms with E-state index in [-0.39, 0.29) is 11.4 Å². The third-order valence-electron chi connectivity index (χ3n) is 2.44. The molecule has 0 aliphatic carbocycles. The average molecular weight is 286 g/mol. The minimum atomic E-state index is -3.15. The Morgan fingerprint density at radius 2 is 1.70 bits per heavy atom. The summed E-state index contributed by atoms with van der Waals surface area (Å²) >= 11 is 0. The summed E-state index contributed by atoms with van der Waals surface area (Å²) in [6, 6.07) is 7.14. The van der Waals surface area contributed by atoms with Crippen LogP contribution in [0.25, 0.3) is 0 Å². The maximum atomic E-state index is 13.4. The number of halogens is 4. The van der Waals surface area contributed by atoms with E-state index in [1.54, 1.807) is 0 Å². The van der Waals surface area contributed by atoms with Crippen molar-refractivity contribution < 1.29 is 22.3 Å². The number of nitrogen functional groups attached to an aromatic ring is 1. The van der Waals surface area contributed by atoms with Crippen molar-refractivity contribution in [3.8, 4) is 5.75 Å². The summed E-state index contributed by atoms with van der Waals surface area (Å²) in [5.41, 5.74) is 6.23. The zero-order chi connectivity index (χ0) is 14.7. The fraction of sp³-hybridized carbons (Fsp3) is 0.0769. The first-order valence-electron chi connectivity index (χ1n) is 5.52. The fourth-order valence-corrected chi connectivity index (χ4v) is 1.55. The standard InChI is InChI=1S/C13H10F4N2O/c14-7-1-3-8(4-2-7)19-11-6-12(20-13(16)17)9(15)5-10(11)18/h1-6,13,19H,18H2. The first kappa shape index (κ1) is 14.0. The molecule has 0 aliphatic heterocycles. The molecule has 0 unspecified atom stereocenters. The van der Waals surface area contributed by atoms with E-state index in [1.807, 2.05) is 0 Å². The monoisotopic (exact) mass is 286 g/mol. The van der Waals surface area contributed by atoms with Crippen molar-refractivity contribution in [1.82, 2.24) is 0 Å². The molecule has 0 aliphatic rings. The van der Waals surface area contributed by atoms with Crippen LogP contribution in [0.15, 0.2) is 36.4 Å². The van der Waals surface area contributed by atoms with Gasteiger partial charge in [-0.2, -0.15) is 8.78 Å². The smallest absolute Gasteiger partial charge is 0.387 e. The molecular weight excluding hydrogens is 276 g/mol. The van der Waals surface area contributed by atoms with Crippen molar-refractivity contribution in [3.05, 3.63) is 48.0 Å². The van der Waals surface area contributed by atoms with E-state index >= 15 is 0 Å². The molecular formula is C13H10F4N2O. The molecule has 0 atom stereocenters. The number of benzene rings is 2. The molecule has 2 rings (SSSR count). The van der Waals surface area contributed by atoms with Crippen molar-refractivity contribution >= 4 is 17.1 Å². The minimum Gasteiger partial charge on any atom is -0.432 e. The predicted octanol–water partition coefficient (Wildman–Crippen LogP) is 3.89. The van der Waals surface area contributed by atoms with Gasteiger partial charge in [0.15, 0.2) is 11.6 Å². The average Bonchev–Trinajstić information content (AvgIpc) is 2.37. The van der Waals surface area contributed by atoms with E-state index < -0.39 is 24.0 Å². The molecule has 0 bridgehead atoms. The fourth-order valence-electron chi connectivity index (χ4n) is 1.55. The molecule has 20 heavy (non-hydrogen) atoms. The van der Waals surface area contributed by atoms with Crippen LogP contribution in [0.2, 0.25) is 0 Å². The van der Waals surface area contributed by atoms with Gasteiger partial charge in [0, 0.05) is 17.8 Å². The van der Waals surface area contributed by atoms with Crippen LogP contribution in [-0.4, -0.2) is 6.61 Å². The molecule has 2 aromatic rings. The summed E-state index contributed by atoms with van der Waals surface area (Å²) in [6.45, 7) is -3.15. The highest BCUT2D eigenvalue weighted by Crippen LogP contribution is 2.31. The van der Waals surface area contributed by atoms with Crippen LogP contribution >= 0.6 is 0 Å². The van der Waals surface area contributed by atoms with Crippen molar-refractivity contribution in [1.29, 1.82) is 0 Å². The van der Waals surface area contributed by atoms with E-state index in [9.17, 15) is 17.6 Å². The second kappa shape index (κ2) is 5.68. The Kier molecular flexibility index (Phi) is 3.97. The second-order valence-electron chi connectivity index (χ2n) is 3.88. The highest BCUT2D eigenvalue weighted by atomic mass is 19.3. The van der Waals surface area contributed by atoms with E-state index in [2.05, 4.69) is 10.1 Å². The number of anilines is 3. The highest BCUT2D eigenvalue weighted by molar-refractivity contribution is 5.74. The van der Waals surface area contributed by atoms with Crippen molar-refractivity contribution in [2.45, 2.75) is 6.61 Å². The number of ether oxygens (including phenoxy) is 1. The van der Waals surface area contributed by atoms with Crippen molar-refractivity contribution in [3.63, 3.8) is 0 Å². The van der Waals surface area contributed by atoms with Gasteiger partial charge in [0.1, 0.15) is 5.82 Å². The third-order valence-corrected chi connectivity index (χ3v) is 2.44. The lowest BCUT2D eigenvalue weighted by atomic mass is 10.2. The first-order valence-corrected chi connectivity index (χ1v) is 5.52. The van der Waals surface area contributed by atoms with Crippen LogP contribution in [0.5, 0.6) is 5.75 Å². The Morgan fingerprint density at radius 1 is 1.05 bits per heavy atom. The number of alkyl halides is 2. The van der Waals surface area contributed by atoms with E-state index in [0.717, 1.165) is 12.1 Å². The first-order chi connectivity index (χ1) is 9.45. The van der Waals surface area contributed by atoms with E-state index in [4.69, 9.17) is 5.73 Å². The zero-order valence-corrected chi connectivity index (χ0v) is 10.0. The number of rotatable bonds is 4. The lowest BCUT2D eigenvalue weighted by Crippen LogP contribution is -2.05. The largest absolute Gasteiger partial charge is 0.432 e. The summed E-state index contributed by atoms with van der Waals surface area (Å²) < 4.78 is 54.4. The van der Waals surface area contributed by atoms with Gasteiger partial charge in [-0.15, -0.1) is 0 Å². The molecule has 0 heterocycles. The topological polar surface area (TPSA) is 47.3 Å². The van der Waals surface area contributed by atoms with Crippen molar-refractivity contribution in [2.24, 2.45) is 0 Å². The van der Waals surface area contributed by atoms with Gasteiger partial charge in [0.25, 0.3) is 0 Å². The summed E-state index contributed by atoms with van der Waals surface area (Å²) in [6.07, 6.45) is 0. The van der Waals surface area contributed by atoms with Gasteiger partial charge < -0.3 is 15.8 Å². The van der Waals surface area contributed by atoms with E-state index in [1.165, 1.54) is 24.3 Å². The quantitative estimate of drug-likeness (QED) is 0.662. The molecule has 0 radical (unpaired) electrons. The van der Waals surface area contributed by atoms with Gasteiger partial charge in [0.2, 0.25) is 0 Å². The second-order valence-corrected chi connectivity index (χ2v) is 3.88. The van der Waals surface area contributed by atoms with Crippen LogP contribution in [-0.2, 0) is 0 Å². The number of nitrogens with one attached hydrogen (secondary N) is 1. The Hall–Kier alpha value is -2.44. The Bertz CT molecular complexity index is 602. The van der Waals surface area contributed by atoms with Crippen LogP contribution < -0.4 is 15.8 Å². The van der Waals surface area contributed by atoms with Gasteiger partial charge >= 0.3 is 6.61 Å².